The Morgan fingerprint density at radius 3 is 2.61 bits per heavy atom. The highest BCUT2D eigenvalue weighted by Crippen LogP contribution is 2.33. The van der Waals surface area contributed by atoms with E-state index in [2.05, 4.69) is 13.8 Å². The van der Waals surface area contributed by atoms with E-state index in [1.165, 1.54) is 4.90 Å². The van der Waals surface area contributed by atoms with Gasteiger partial charge in [0.05, 0.1) is 11.8 Å². The molecule has 1 aliphatic rings. The van der Waals surface area contributed by atoms with Crippen molar-refractivity contribution < 1.29 is 17.9 Å². The molecule has 0 saturated carbocycles. The molecule has 1 unspecified atom stereocenters. The maximum Gasteiger partial charge on any atom is 0.410 e. The Morgan fingerprint density at radius 1 is 1.35 bits per heavy atom. The maximum atomic E-state index is 12.4. The van der Waals surface area contributed by atoms with E-state index in [0.717, 1.165) is 12.0 Å². The van der Waals surface area contributed by atoms with Crippen LogP contribution in [0.3, 0.4) is 0 Å². The van der Waals surface area contributed by atoms with Gasteiger partial charge < -0.3 is 9.64 Å². The highest BCUT2D eigenvalue weighted by atomic mass is 35.7. The SMILES string of the molecule is CC1(C)CCC(CS(=O)(=O)Cl)N(C(=O)OCc2ccccc2)C1. The smallest absolute Gasteiger partial charge is 0.410 e. The van der Waals surface area contributed by atoms with E-state index in [4.69, 9.17) is 15.4 Å². The number of likely N-dealkylation sites (tertiary alicyclic amines) is 1. The molecule has 1 heterocycles. The van der Waals surface area contributed by atoms with Crippen LogP contribution in [0.25, 0.3) is 0 Å². The second-order valence-corrected chi connectivity index (χ2v) is 9.55. The van der Waals surface area contributed by atoms with Gasteiger partial charge in [-0.2, -0.15) is 0 Å². The van der Waals surface area contributed by atoms with E-state index in [-0.39, 0.29) is 17.8 Å². The Labute approximate surface area is 142 Å². The van der Waals surface area contributed by atoms with Crippen LogP contribution < -0.4 is 0 Å². The summed E-state index contributed by atoms with van der Waals surface area (Å²) in [6, 6.07) is 8.93. The Morgan fingerprint density at radius 2 is 2.00 bits per heavy atom. The number of benzene rings is 1. The molecule has 7 heteroatoms. The summed E-state index contributed by atoms with van der Waals surface area (Å²) in [7, 11) is 1.70. The lowest BCUT2D eigenvalue weighted by Gasteiger charge is -2.42. The fourth-order valence-electron chi connectivity index (χ4n) is 2.80. The Bertz CT molecular complexity index is 645. The van der Waals surface area contributed by atoms with Crippen molar-refractivity contribution in [1.82, 2.24) is 4.90 Å². The normalized spacial score (nSPS) is 21.0. The minimum Gasteiger partial charge on any atom is -0.445 e. The Kier molecular flexibility index (Phi) is 5.57. The first-order valence-electron chi connectivity index (χ1n) is 7.56. The molecule has 1 aromatic rings. The van der Waals surface area contributed by atoms with Crippen LogP contribution in [0.5, 0.6) is 0 Å². The van der Waals surface area contributed by atoms with Crippen molar-refractivity contribution in [3.05, 3.63) is 35.9 Å². The van der Waals surface area contributed by atoms with Gasteiger partial charge in [0.15, 0.2) is 0 Å². The first-order chi connectivity index (χ1) is 10.7. The first-order valence-corrected chi connectivity index (χ1v) is 10.0. The van der Waals surface area contributed by atoms with E-state index in [1.807, 2.05) is 30.3 Å². The van der Waals surface area contributed by atoms with E-state index in [0.29, 0.717) is 13.0 Å². The summed E-state index contributed by atoms with van der Waals surface area (Å²) in [6.45, 7) is 4.72. The van der Waals surface area contributed by atoms with Crippen LogP contribution in [0.4, 0.5) is 4.79 Å². The number of nitrogens with zero attached hydrogens (tertiary/aromatic N) is 1. The number of hydrogen-bond donors (Lipinski definition) is 0. The van der Waals surface area contributed by atoms with Crippen LogP contribution in [-0.4, -0.2) is 37.8 Å². The zero-order valence-corrected chi connectivity index (χ0v) is 14.9. The summed E-state index contributed by atoms with van der Waals surface area (Å²) in [6.07, 6.45) is 0.943. The van der Waals surface area contributed by atoms with Crippen LogP contribution in [0.2, 0.25) is 0 Å². The Hall–Kier alpha value is -1.27. The molecule has 1 amide bonds. The lowest BCUT2D eigenvalue weighted by molar-refractivity contribution is 0.0404. The fourth-order valence-corrected chi connectivity index (χ4v) is 4.04. The zero-order chi connectivity index (χ0) is 17.1. The highest BCUT2D eigenvalue weighted by molar-refractivity contribution is 8.13. The molecule has 0 aromatic heterocycles. The molecular formula is C16H22ClNO4S. The van der Waals surface area contributed by atoms with Crippen molar-refractivity contribution in [3.63, 3.8) is 0 Å². The van der Waals surface area contributed by atoms with Crippen molar-refractivity contribution in [1.29, 1.82) is 0 Å². The highest BCUT2D eigenvalue weighted by Gasteiger charge is 2.38. The average molecular weight is 360 g/mol. The van der Waals surface area contributed by atoms with Gasteiger partial charge in [0.25, 0.3) is 0 Å². The van der Waals surface area contributed by atoms with Gasteiger partial charge in [-0.25, -0.2) is 13.2 Å². The molecule has 0 spiro atoms. The minimum atomic E-state index is -3.67. The quantitative estimate of drug-likeness (QED) is 0.773. The molecule has 0 radical (unpaired) electrons. The number of hydrogen-bond acceptors (Lipinski definition) is 4. The molecule has 0 N–H and O–H groups in total. The molecule has 0 aliphatic carbocycles. The third-order valence-electron chi connectivity index (χ3n) is 4.02. The third-order valence-corrected chi connectivity index (χ3v) is 5.19. The Balaban J connectivity index is 2.05. The zero-order valence-electron chi connectivity index (χ0n) is 13.4. The fraction of sp³-hybridized carbons (Fsp3) is 0.562. The lowest BCUT2D eigenvalue weighted by Crippen LogP contribution is -2.52. The van der Waals surface area contributed by atoms with Crippen molar-refractivity contribution in [2.24, 2.45) is 5.41 Å². The summed E-state index contributed by atoms with van der Waals surface area (Å²) in [5.41, 5.74) is 0.817. The monoisotopic (exact) mass is 359 g/mol. The minimum absolute atomic E-state index is 0.0711. The molecule has 1 fully saturated rings. The van der Waals surface area contributed by atoms with Crippen LogP contribution in [0.15, 0.2) is 30.3 Å². The van der Waals surface area contributed by atoms with E-state index in [1.54, 1.807) is 0 Å². The van der Waals surface area contributed by atoms with Crippen LogP contribution in [0, 0.1) is 5.41 Å². The molecule has 2 rings (SSSR count). The summed E-state index contributed by atoms with van der Waals surface area (Å²) >= 11 is 0. The summed E-state index contributed by atoms with van der Waals surface area (Å²) in [5.74, 6) is -0.245. The second-order valence-electron chi connectivity index (χ2n) is 6.73. The maximum absolute atomic E-state index is 12.4. The summed E-state index contributed by atoms with van der Waals surface area (Å²) in [5, 5.41) is 0. The van der Waals surface area contributed by atoms with Gasteiger partial charge >= 0.3 is 6.09 Å². The average Bonchev–Trinajstić information content (AvgIpc) is 2.46. The van der Waals surface area contributed by atoms with Crippen LogP contribution >= 0.6 is 10.7 Å². The van der Waals surface area contributed by atoms with Crippen molar-refractivity contribution >= 4 is 25.8 Å². The summed E-state index contributed by atoms with van der Waals surface area (Å²) in [4.78, 5) is 13.9. The molecule has 23 heavy (non-hydrogen) atoms. The molecule has 0 bridgehead atoms. The molecule has 1 aromatic carbocycles. The molecule has 128 valence electrons. The second kappa shape index (κ2) is 7.09. The number of halogens is 1. The third kappa shape index (κ3) is 5.70. The topological polar surface area (TPSA) is 63.7 Å². The predicted octanol–water partition coefficient (Wildman–Crippen LogP) is 3.38. The number of amides is 1. The summed E-state index contributed by atoms with van der Waals surface area (Å²) < 4.78 is 28.1. The number of carbonyl (C=O) groups is 1. The first kappa shape index (κ1) is 18.1. The van der Waals surface area contributed by atoms with Crippen molar-refractivity contribution in [2.45, 2.75) is 39.3 Å². The van der Waals surface area contributed by atoms with Gasteiger partial charge in [-0.05, 0) is 23.8 Å². The number of piperidine rings is 1. The van der Waals surface area contributed by atoms with Crippen molar-refractivity contribution in [3.8, 4) is 0 Å². The number of rotatable bonds is 4. The number of carbonyl (C=O) groups excluding carboxylic acids is 1. The molecule has 1 atom stereocenters. The predicted molar refractivity (Wildman–Crippen MR) is 89.8 cm³/mol. The van der Waals surface area contributed by atoms with E-state index in [9.17, 15) is 13.2 Å². The number of ether oxygens (including phenoxy) is 1. The van der Waals surface area contributed by atoms with Gasteiger partial charge in [-0.15, -0.1) is 0 Å². The van der Waals surface area contributed by atoms with Crippen molar-refractivity contribution in [2.75, 3.05) is 12.3 Å². The molecular weight excluding hydrogens is 338 g/mol. The molecule has 1 saturated heterocycles. The van der Waals surface area contributed by atoms with Crippen LogP contribution in [-0.2, 0) is 20.4 Å². The standard InChI is InChI=1S/C16H22ClNO4S/c1-16(2)9-8-14(11-23(17,20)21)18(12-16)15(19)22-10-13-6-4-3-5-7-13/h3-7,14H,8-12H2,1-2H3. The van der Waals surface area contributed by atoms with Gasteiger partial charge in [-0.1, -0.05) is 44.2 Å². The van der Waals surface area contributed by atoms with E-state index >= 15 is 0 Å². The molecule has 1 aliphatic heterocycles. The molecule has 5 nitrogen and oxygen atoms in total. The van der Waals surface area contributed by atoms with Crippen LogP contribution in [0.1, 0.15) is 32.3 Å². The largest absolute Gasteiger partial charge is 0.445 e. The van der Waals surface area contributed by atoms with E-state index < -0.39 is 21.2 Å². The lowest BCUT2D eigenvalue weighted by atomic mass is 9.82. The van der Waals surface area contributed by atoms with Gasteiger partial charge in [-0.3, -0.25) is 0 Å². The van der Waals surface area contributed by atoms with Gasteiger partial charge in [0.1, 0.15) is 6.61 Å². The van der Waals surface area contributed by atoms with Gasteiger partial charge in [0, 0.05) is 17.2 Å². The van der Waals surface area contributed by atoms with Gasteiger partial charge in [0.2, 0.25) is 9.05 Å².